The lowest BCUT2D eigenvalue weighted by Crippen LogP contribution is -2.47. The van der Waals surface area contributed by atoms with Crippen LogP contribution < -0.4 is 0 Å². The Labute approximate surface area is 133 Å². The number of aliphatic hydroxyl groups is 1. The van der Waals surface area contributed by atoms with Gasteiger partial charge in [-0.25, -0.2) is 4.79 Å². The number of benzene rings is 1. The van der Waals surface area contributed by atoms with Gasteiger partial charge in [-0.2, -0.15) is 0 Å². The number of amides is 1. The van der Waals surface area contributed by atoms with Gasteiger partial charge in [0.2, 0.25) is 0 Å². The minimum absolute atomic E-state index is 0.0815. The smallest absolute Gasteiger partial charge is 0.410 e. The summed E-state index contributed by atoms with van der Waals surface area (Å²) >= 11 is 0. The van der Waals surface area contributed by atoms with Crippen molar-refractivity contribution in [2.75, 3.05) is 13.1 Å². The molecular weight excluding hydrogens is 278 g/mol. The van der Waals surface area contributed by atoms with Crippen molar-refractivity contribution in [3.05, 3.63) is 34.9 Å². The summed E-state index contributed by atoms with van der Waals surface area (Å²) in [5.41, 5.74) is 3.13. The molecule has 1 heterocycles. The third-order valence-electron chi connectivity index (χ3n) is 4.19. The zero-order valence-corrected chi connectivity index (χ0v) is 14.2. The van der Waals surface area contributed by atoms with Crippen LogP contribution >= 0.6 is 0 Å². The molecule has 122 valence electrons. The van der Waals surface area contributed by atoms with Crippen LogP contribution in [-0.2, 0) is 4.74 Å². The Bertz CT molecular complexity index is 548. The molecule has 1 fully saturated rings. The first-order valence-corrected chi connectivity index (χ1v) is 7.90. The van der Waals surface area contributed by atoms with E-state index in [-0.39, 0.29) is 12.0 Å². The van der Waals surface area contributed by atoms with E-state index in [1.54, 1.807) is 4.90 Å². The number of carbonyl (C=O) groups is 1. The predicted octanol–water partition coefficient (Wildman–Crippen LogP) is 3.39. The summed E-state index contributed by atoms with van der Waals surface area (Å²) in [7, 11) is 0. The summed E-state index contributed by atoms with van der Waals surface area (Å²) in [4.78, 5) is 13.7. The van der Waals surface area contributed by atoms with Crippen LogP contribution in [0.1, 0.15) is 49.8 Å². The van der Waals surface area contributed by atoms with Gasteiger partial charge in [0, 0.05) is 12.5 Å². The van der Waals surface area contributed by atoms with Gasteiger partial charge in [-0.3, -0.25) is 0 Å². The van der Waals surface area contributed by atoms with Crippen LogP contribution in [0.2, 0.25) is 0 Å². The minimum atomic E-state index is -0.552. The number of piperidine rings is 1. The highest BCUT2D eigenvalue weighted by molar-refractivity contribution is 5.68. The first-order chi connectivity index (χ1) is 10.2. The molecule has 1 aliphatic heterocycles. The van der Waals surface area contributed by atoms with E-state index in [0.717, 1.165) is 12.0 Å². The Balaban J connectivity index is 2.03. The number of hydrogen-bond acceptors (Lipinski definition) is 3. The molecule has 1 saturated heterocycles. The number of aryl methyl sites for hydroxylation is 2. The normalized spacial score (nSPS) is 22.5. The van der Waals surface area contributed by atoms with Crippen LogP contribution in [0.3, 0.4) is 0 Å². The molecule has 0 spiro atoms. The molecule has 1 aromatic rings. The van der Waals surface area contributed by atoms with Crippen LogP contribution in [0, 0.1) is 13.8 Å². The molecule has 4 nitrogen and oxygen atoms in total. The average Bonchev–Trinajstić information content (AvgIpc) is 2.40. The maximum absolute atomic E-state index is 12.1. The molecule has 1 aliphatic rings. The van der Waals surface area contributed by atoms with Crippen molar-refractivity contribution in [2.24, 2.45) is 0 Å². The standard InChI is InChI=1S/C18H27NO3/c1-12-6-7-14(10-13(12)2)15-8-9-19(11-16(15)20)17(21)22-18(3,4)5/h6-7,10,15-16,20H,8-9,11H2,1-5H3. The number of rotatable bonds is 1. The molecule has 0 radical (unpaired) electrons. The minimum Gasteiger partial charge on any atom is -0.444 e. The molecule has 2 rings (SSSR count). The van der Waals surface area contributed by atoms with Crippen LogP contribution in [-0.4, -0.2) is 40.9 Å². The fourth-order valence-electron chi connectivity index (χ4n) is 2.81. The zero-order valence-electron chi connectivity index (χ0n) is 14.2. The van der Waals surface area contributed by atoms with Crippen molar-refractivity contribution < 1.29 is 14.6 Å². The fraction of sp³-hybridized carbons (Fsp3) is 0.611. The second-order valence-corrected chi connectivity index (χ2v) is 7.23. The monoisotopic (exact) mass is 305 g/mol. The summed E-state index contributed by atoms with van der Waals surface area (Å²) in [5.74, 6) is 0.0815. The quantitative estimate of drug-likeness (QED) is 0.865. The highest BCUT2D eigenvalue weighted by atomic mass is 16.6. The molecule has 0 saturated carbocycles. The number of aliphatic hydroxyl groups excluding tert-OH is 1. The number of ether oxygens (including phenoxy) is 1. The van der Waals surface area contributed by atoms with E-state index in [9.17, 15) is 9.90 Å². The maximum atomic E-state index is 12.1. The lowest BCUT2D eigenvalue weighted by atomic mass is 9.86. The van der Waals surface area contributed by atoms with E-state index in [2.05, 4.69) is 32.0 Å². The molecule has 4 heteroatoms. The van der Waals surface area contributed by atoms with Gasteiger partial charge in [0.15, 0.2) is 0 Å². The summed E-state index contributed by atoms with van der Waals surface area (Å²) in [6, 6.07) is 6.32. The Hall–Kier alpha value is -1.55. The molecule has 2 atom stereocenters. The Morgan fingerprint density at radius 3 is 2.50 bits per heavy atom. The molecule has 1 amide bonds. The maximum Gasteiger partial charge on any atom is 0.410 e. The van der Waals surface area contributed by atoms with Crippen LogP contribution in [0.5, 0.6) is 0 Å². The first kappa shape index (κ1) is 16.8. The van der Waals surface area contributed by atoms with Crippen molar-refractivity contribution in [3.63, 3.8) is 0 Å². The molecule has 0 aromatic heterocycles. The van der Waals surface area contributed by atoms with Crippen molar-refractivity contribution in [3.8, 4) is 0 Å². The molecular formula is C18H27NO3. The first-order valence-electron chi connectivity index (χ1n) is 7.90. The molecule has 2 unspecified atom stereocenters. The third-order valence-corrected chi connectivity index (χ3v) is 4.19. The van der Waals surface area contributed by atoms with Gasteiger partial charge in [-0.1, -0.05) is 18.2 Å². The van der Waals surface area contributed by atoms with E-state index >= 15 is 0 Å². The van der Waals surface area contributed by atoms with Gasteiger partial charge in [0.1, 0.15) is 5.60 Å². The average molecular weight is 305 g/mol. The van der Waals surface area contributed by atoms with E-state index in [0.29, 0.717) is 13.1 Å². The number of hydrogen-bond donors (Lipinski definition) is 1. The van der Waals surface area contributed by atoms with Crippen molar-refractivity contribution >= 4 is 6.09 Å². The largest absolute Gasteiger partial charge is 0.444 e. The molecule has 0 bridgehead atoms. The van der Waals surface area contributed by atoms with Crippen molar-refractivity contribution in [1.82, 2.24) is 4.90 Å². The summed E-state index contributed by atoms with van der Waals surface area (Å²) in [5, 5.41) is 10.5. The number of likely N-dealkylation sites (tertiary alicyclic amines) is 1. The van der Waals surface area contributed by atoms with E-state index in [1.807, 2.05) is 20.8 Å². The lowest BCUT2D eigenvalue weighted by molar-refractivity contribution is -0.00152. The van der Waals surface area contributed by atoms with Crippen LogP contribution in [0.4, 0.5) is 4.79 Å². The van der Waals surface area contributed by atoms with Gasteiger partial charge in [-0.05, 0) is 57.7 Å². The highest BCUT2D eigenvalue weighted by Gasteiger charge is 2.33. The van der Waals surface area contributed by atoms with Crippen LogP contribution in [0.25, 0.3) is 0 Å². The van der Waals surface area contributed by atoms with Gasteiger partial charge in [0.05, 0.1) is 12.6 Å². The molecule has 22 heavy (non-hydrogen) atoms. The lowest BCUT2D eigenvalue weighted by Gasteiger charge is -2.37. The van der Waals surface area contributed by atoms with E-state index in [4.69, 9.17) is 4.74 Å². The summed E-state index contributed by atoms with van der Waals surface area (Å²) < 4.78 is 5.38. The van der Waals surface area contributed by atoms with Gasteiger partial charge >= 0.3 is 6.09 Å². The molecule has 1 N–H and O–H groups in total. The third kappa shape index (κ3) is 4.01. The zero-order chi connectivity index (χ0) is 16.5. The van der Waals surface area contributed by atoms with Crippen molar-refractivity contribution in [2.45, 2.75) is 58.7 Å². The second-order valence-electron chi connectivity index (χ2n) is 7.23. The topological polar surface area (TPSA) is 49.8 Å². The predicted molar refractivity (Wildman–Crippen MR) is 87.1 cm³/mol. The van der Waals surface area contributed by atoms with E-state index in [1.165, 1.54) is 11.1 Å². The SMILES string of the molecule is Cc1ccc(C2CCN(C(=O)OC(C)(C)C)CC2O)cc1C. The van der Waals surface area contributed by atoms with E-state index < -0.39 is 11.7 Å². The molecule has 0 aliphatic carbocycles. The number of nitrogens with zero attached hydrogens (tertiary/aromatic N) is 1. The van der Waals surface area contributed by atoms with Gasteiger partial charge in [-0.15, -0.1) is 0 Å². The number of carbonyl (C=O) groups excluding carboxylic acids is 1. The van der Waals surface area contributed by atoms with Crippen molar-refractivity contribution in [1.29, 1.82) is 0 Å². The summed E-state index contributed by atoms with van der Waals surface area (Å²) in [6.45, 7) is 10.7. The summed E-state index contributed by atoms with van der Waals surface area (Å²) in [6.07, 6.45) is -0.142. The second kappa shape index (κ2) is 6.29. The van der Waals surface area contributed by atoms with Gasteiger partial charge in [0.25, 0.3) is 0 Å². The van der Waals surface area contributed by atoms with Crippen LogP contribution in [0.15, 0.2) is 18.2 Å². The Kier molecular flexibility index (Phi) is 4.81. The Morgan fingerprint density at radius 1 is 1.27 bits per heavy atom. The van der Waals surface area contributed by atoms with Gasteiger partial charge < -0.3 is 14.7 Å². The Morgan fingerprint density at radius 2 is 1.95 bits per heavy atom. The highest BCUT2D eigenvalue weighted by Crippen LogP contribution is 2.30. The molecule has 1 aromatic carbocycles. The fourth-order valence-corrected chi connectivity index (χ4v) is 2.81. The number of β-amino-alcohol motifs (C(OH)–C–C–N with tert-alkyl or cyclic N) is 1.